The molecule has 2 N–H and O–H groups in total. The van der Waals surface area contributed by atoms with Crippen molar-refractivity contribution in [1.29, 1.82) is 0 Å². The molecule has 1 aromatic carbocycles. The minimum absolute atomic E-state index is 0.0238. The molecule has 0 radical (unpaired) electrons. The Balaban J connectivity index is 2.77. The van der Waals surface area contributed by atoms with Gasteiger partial charge in [-0.15, -0.1) is 0 Å². The van der Waals surface area contributed by atoms with Gasteiger partial charge in [-0.2, -0.15) is 9.98 Å². The molecule has 10 nitrogen and oxygen atoms in total. The van der Waals surface area contributed by atoms with Gasteiger partial charge in [0.05, 0.1) is 11.1 Å². The zero-order chi connectivity index (χ0) is 17.9. The zero-order valence-electron chi connectivity index (χ0n) is 12.1. The summed E-state index contributed by atoms with van der Waals surface area (Å²) in [6.07, 6.45) is -0.432. The van der Waals surface area contributed by atoms with Crippen molar-refractivity contribution in [3.63, 3.8) is 0 Å². The molecule has 10 heteroatoms. The highest BCUT2D eigenvalue weighted by molar-refractivity contribution is 5.93. The van der Waals surface area contributed by atoms with E-state index >= 15 is 0 Å². The van der Waals surface area contributed by atoms with Crippen LogP contribution in [0.2, 0.25) is 0 Å². The second-order valence-electron chi connectivity index (χ2n) is 4.10. The maximum absolute atomic E-state index is 11.7. The number of ether oxygens (including phenoxy) is 2. The third-order valence-electron chi connectivity index (χ3n) is 2.55. The number of isocyanates is 2. The molecule has 0 fully saturated rings. The highest BCUT2D eigenvalue weighted by Crippen LogP contribution is 2.10. The number of carbonyl (C=O) groups is 2. The molecule has 0 amide bonds. The summed E-state index contributed by atoms with van der Waals surface area (Å²) in [5.41, 5.74) is 0.0476. The van der Waals surface area contributed by atoms with Crippen LogP contribution >= 0.6 is 0 Å². The van der Waals surface area contributed by atoms with E-state index in [4.69, 9.17) is 19.7 Å². The molecule has 0 aliphatic rings. The van der Waals surface area contributed by atoms with Crippen molar-refractivity contribution in [3.05, 3.63) is 35.4 Å². The smallest absolute Gasteiger partial charge is 0.340 e. The van der Waals surface area contributed by atoms with Crippen LogP contribution in [0.4, 0.5) is 0 Å². The number of aliphatic imine (C=N–C) groups is 2. The Morgan fingerprint density at radius 1 is 0.875 bits per heavy atom. The Morgan fingerprint density at radius 3 is 1.46 bits per heavy atom. The first kappa shape index (κ1) is 18.9. The Hall–Kier alpha value is -3.16. The van der Waals surface area contributed by atoms with Gasteiger partial charge in [-0.1, -0.05) is 0 Å². The maximum Gasteiger partial charge on any atom is 0.340 e. The van der Waals surface area contributed by atoms with E-state index in [1.807, 2.05) is 0 Å². The number of esters is 2. The van der Waals surface area contributed by atoms with Crippen LogP contribution in [0.1, 0.15) is 20.7 Å². The van der Waals surface area contributed by atoms with Crippen LogP contribution in [0.15, 0.2) is 34.3 Å². The van der Waals surface area contributed by atoms with Crippen molar-refractivity contribution in [2.75, 3.05) is 13.2 Å². The molecular weight excluding hydrogens is 324 g/mol. The fraction of sp³-hybridized carbons (Fsp3) is 0.286. The number of carbonyl (C=O) groups excluding carboxylic acids is 4. The van der Waals surface area contributed by atoms with Gasteiger partial charge in [-0.05, 0) is 24.3 Å². The van der Waals surface area contributed by atoms with E-state index in [0.29, 0.717) is 0 Å². The van der Waals surface area contributed by atoms with Gasteiger partial charge in [0.25, 0.3) is 0 Å². The van der Waals surface area contributed by atoms with E-state index < -0.39 is 37.6 Å². The maximum atomic E-state index is 11.7. The number of nitrogens with zero attached hydrogens (tertiary/aromatic N) is 2. The molecule has 2 atom stereocenters. The molecular formula is C14H12N2O8. The summed E-state index contributed by atoms with van der Waals surface area (Å²) in [4.78, 5) is 49.8. The largest absolute Gasteiger partial charge is 0.433 e. The average molecular weight is 336 g/mol. The molecule has 2 unspecified atom stereocenters. The highest BCUT2D eigenvalue weighted by atomic mass is 16.6. The van der Waals surface area contributed by atoms with Crippen molar-refractivity contribution in [2.45, 2.75) is 12.5 Å². The molecule has 0 saturated carbocycles. The van der Waals surface area contributed by atoms with Crippen LogP contribution in [-0.2, 0) is 19.1 Å². The van der Waals surface area contributed by atoms with Crippen LogP contribution in [-0.4, -0.2) is 60.0 Å². The number of benzene rings is 1. The molecule has 0 bridgehead atoms. The summed E-state index contributed by atoms with van der Waals surface area (Å²) in [5.74, 6) is -1.77. The first-order valence-corrected chi connectivity index (χ1v) is 6.43. The van der Waals surface area contributed by atoms with E-state index in [9.17, 15) is 19.2 Å². The topological polar surface area (TPSA) is 152 Å². The SMILES string of the molecule is O=C=NC(CO)OC(=O)c1ccc(C(=O)OC(CO)N=C=O)cc1. The second kappa shape index (κ2) is 9.78. The van der Waals surface area contributed by atoms with Crippen molar-refractivity contribution in [2.24, 2.45) is 9.98 Å². The van der Waals surface area contributed by atoms with E-state index in [1.165, 1.54) is 24.3 Å². The Labute approximate surface area is 135 Å². The van der Waals surface area contributed by atoms with Crippen molar-refractivity contribution in [1.82, 2.24) is 0 Å². The molecule has 1 aromatic rings. The lowest BCUT2D eigenvalue weighted by Gasteiger charge is -2.11. The Bertz CT molecular complexity index is 616. The van der Waals surface area contributed by atoms with Gasteiger partial charge >= 0.3 is 11.9 Å². The summed E-state index contributed by atoms with van der Waals surface area (Å²) in [6, 6.07) is 4.92. The van der Waals surface area contributed by atoms with Crippen molar-refractivity contribution in [3.8, 4) is 0 Å². The number of rotatable bonds is 8. The molecule has 0 aliphatic heterocycles. The lowest BCUT2D eigenvalue weighted by atomic mass is 10.1. The summed E-state index contributed by atoms with van der Waals surface area (Å²) in [7, 11) is 0. The molecule has 24 heavy (non-hydrogen) atoms. The lowest BCUT2D eigenvalue weighted by Crippen LogP contribution is -2.21. The molecule has 1 rings (SSSR count). The normalized spacial score (nSPS) is 12.1. The van der Waals surface area contributed by atoms with Gasteiger partial charge in [0.2, 0.25) is 24.6 Å². The Kier molecular flexibility index (Phi) is 7.69. The summed E-state index contributed by atoms with van der Waals surface area (Å²) in [6.45, 7) is -1.38. The monoisotopic (exact) mass is 336 g/mol. The van der Waals surface area contributed by atoms with E-state index in [0.717, 1.165) is 12.2 Å². The van der Waals surface area contributed by atoms with Crippen molar-refractivity contribution < 1.29 is 38.9 Å². The minimum Gasteiger partial charge on any atom is -0.433 e. The van der Waals surface area contributed by atoms with E-state index in [-0.39, 0.29) is 11.1 Å². The molecule has 0 aromatic heterocycles. The molecule has 126 valence electrons. The lowest BCUT2D eigenvalue weighted by molar-refractivity contribution is 0.0157. The van der Waals surface area contributed by atoms with Gasteiger partial charge in [0.15, 0.2) is 0 Å². The first-order valence-electron chi connectivity index (χ1n) is 6.43. The second-order valence-corrected chi connectivity index (χ2v) is 4.10. The quantitative estimate of drug-likeness (QED) is 0.359. The fourth-order valence-electron chi connectivity index (χ4n) is 1.45. The van der Waals surface area contributed by atoms with Crippen LogP contribution in [0, 0.1) is 0 Å². The zero-order valence-corrected chi connectivity index (χ0v) is 12.1. The standard InChI is InChI=1S/C14H12N2O8/c17-5-11(15-7-19)23-13(21)9-1-2-10(4-3-9)14(22)24-12(6-18)16-8-20/h1-4,11-12,17-18H,5-6H2. The molecule has 0 aliphatic carbocycles. The minimum atomic E-state index is -1.37. The predicted octanol–water partition coefficient (Wildman–Crippen LogP) is -0.691. The van der Waals surface area contributed by atoms with Gasteiger partial charge in [0, 0.05) is 0 Å². The van der Waals surface area contributed by atoms with Gasteiger partial charge in [0.1, 0.15) is 13.2 Å². The average Bonchev–Trinajstić information content (AvgIpc) is 2.60. The number of aliphatic hydroxyl groups is 2. The van der Waals surface area contributed by atoms with Crippen LogP contribution in [0.25, 0.3) is 0 Å². The number of hydrogen-bond acceptors (Lipinski definition) is 10. The molecule has 0 spiro atoms. The van der Waals surface area contributed by atoms with E-state index in [2.05, 4.69) is 9.98 Å². The Morgan fingerprint density at radius 2 is 1.21 bits per heavy atom. The van der Waals surface area contributed by atoms with Gasteiger partial charge in [-0.3, -0.25) is 0 Å². The van der Waals surface area contributed by atoms with E-state index in [1.54, 1.807) is 0 Å². The summed E-state index contributed by atoms with van der Waals surface area (Å²) in [5, 5.41) is 17.7. The summed E-state index contributed by atoms with van der Waals surface area (Å²) < 4.78 is 9.43. The third kappa shape index (κ3) is 5.56. The number of aliphatic hydroxyl groups excluding tert-OH is 2. The van der Waals surface area contributed by atoms with Crippen molar-refractivity contribution >= 4 is 24.1 Å². The summed E-state index contributed by atoms with van der Waals surface area (Å²) >= 11 is 0. The molecule has 0 heterocycles. The predicted molar refractivity (Wildman–Crippen MR) is 75.3 cm³/mol. The first-order chi connectivity index (χ1) is 11.5. The van der Waals surface area contributed by atoms with Crippen LogP contribution in [0.5, 0.6) is 0 Å². The van der Waals surface area contributed by atoms with Gasteiger partial charge in [-0.25, -0.2) is 19.2 Å². The molecule has 0 saturated heterocycles. The number of hydrogen-bond donors (Lipinski definition) is 2. The highest BCUT2D eigenvalue weighted by Gasteiger charge is 2.17. The van der Waals surface area contributed by atoms with Gasteiger partial charge < -0.3 is 19.7 Å². The van der Waals surface area contributed by atoms with Crippen LogP contribution in [0.3, 0.4) is 0 Å². The third-order valence-corrected chi connectivity index (χ3v) is 2.55. The fourth-order valence-corrected chi connectivity index (χ4v) is 1.45. The van der Waals surface area contributed by atoms with Crippen LogP contribution < -0.4 is 0 Å².